The summed E-state index contributed by atoms with van der Waals surface area (Å²) in [7, 11) is 1.86. The highest BCUT2D eigenvalue weighted by Gasteiger charge is 2.18. The average molecular weight is 314 g/mol. The van der Waals surface area contributed by atoms with Crippen LogP contribution in [0.3, 0.4) is 0 Å². The summed E-state index contributed by atoms with van der Waals surface area (Å²) < 4.78 is 20.3. The van der Waals surface area contributed by atoms with Gasteiger partial charge in [0.25, 0.3) is 0 Å². The molecule has 0 atom stereocenters. The summed E-state index contributed by atoms with van der Waals surface area (Å²) in [4.78, 5) is 0. The van der Waals surface area contributed by atoms with Crippen molar-refractivity contribution in [2.45, 2.75) is 26.8 Å². The van der Waals surface area contributed by atoms with E-state index in [1.54, 1.807) is 0 Å². The molecule has 0 aliphatic carbocycles. The molecule has 0 bridgehead atoms. The molecule has 2 rings (SSSR count). The molecule has 98 valence electrons. The summed E-state index contributed by atoms with van der Waals surface area (Å²) in [6.07, 6.45) is 0.889. The van der Waals surface area contributed by atoms with Crippen molar-refractivity contribution < 1.29 is 8.81 Å². The van der Waals surface area contributed by atoms with E-state index < -0.39 is 0 Å². The van der Waals surface area contributed by atoms with Crippen molar-refractivity contribution in [3.8, 4) is 0 Å². The SMILES string of the molecule is CNCc1oc2c(F)cc(Br)cc2c1CC(C)C. The van der Waals surface area contributed by atoms with Crippen molar-refractivity contribution in [3.05, 3.63) is 33.7 Å². The number of furan rings is 1. The summed E-state index contributed by atoms with van der Waals surface area (Å²) >= 11 is 3.33. The Balaban J connectivity index is 2.64. The van der Waals surface area contributed by atoms with E-state index in [9.17, 15) is 4.39 Å². The van der Waals surface area contributed by atoms with Gasteiger partial charge in [0.1, 0.15) is 5.76 Å². The molecule has 0 radical (unpaired) electrons. The maximum atomic E-state index is 13.9. The van der Waals surface area contributed by atoms with Gasteiger partial charge >= 0.3 is 0 Å². The fourth-order valence-electron chi connectivity index (χ4n) is 2.16. The quantitative estimate of drug-likeness (QED) is 0.912. The summed E-state index contributed by atoms with van der Waals surface area (Å²) in [5.74, 6) is 1.02. The lowest BCUT2D eigenvalue weighted by molar-refractivity contribution is 0.497. The van der Waals surface area contributed by atoms with Crippen molar-refractivity contribution in [2.75, 3.05) is 7.05 Å². The summed E-state index contributed by atoms with van der Waals surface area (Å²) in [5, 5.41) is 3.94. The van der Waals surface area contributed by atoms with Crippen LogP contribution in [0.4, 0.5) is 4.39 Å². The van der Waals surface area contributed by atoms with Gasteiger partial charge in [-0.15, -0.1) is 0 Å². The Hall–Kier alpha value is -0.870. The lowest BCUT2D eigenvalue weighted by Gasteiger charge is -2.05. The molecule has 0 amide bonds. The molecular formula is C14H17BrFNO. The molecule has 0 saturated heterocycles. The number of halogens is 2. The molecule has 2 aromatic rings. The molecule has 0 fully saturated rings. The van der Waals surface area contributed by atoms with E-state index in [0.29, 0.717) is 18.0 Å². The van der Waals surface area contributed by atoms with E-state index in [0.717, 1.165) is 27.6 Å². The van der Waals surface area contributed by atoms with Gasteiger partial charge in [0.05, 0.1) is 6.54 Å². The summed E-state index contributed by atoms with van der Waals surface area (Å²) in [6, 6.07) is 3.37. The van der Waals surface area contributed by atoms with E-state index in [1.165, 1.54) is 6.07 Å². The fourth-order valence-corrected chi connectivity index (χ4v) is 2.59. The third-order valence-electron chi connectivity index (χ3n) is 2.85. The Bertz CT molecular complexity index is 562. The van der Waals surface area contributed by atoms with Crippen LogP contribution in [-0.4, -0.2) is 7.05 Å². The van der Waals surface area contributed by atoms with Gasteiger partial charge in [0.2, 0.25) is 0 Å². The highest BCUT2D eigenvalue weighted by molar-refractivity contribution is 9.10. The Morgan fingerprint density at radius 2 is 2.11 bits per heavy atom. The van der Waals surface area contributed by atoms with Crippen LogP contribution in [-0.2, 0) is 13.0 Å². The Morgan fingerprint density at radius 3 is 2.72 bits per heavy atom. The molecule has 1 heterocycles. The Kier molecular flexibility index (Phi) is 4.07. The minimum absolute atomic E-state index is 0.313. The van der Waals surface area contributed by atoms with Gasteiger partial charge in [-0.25, -0.2) is 4.39 Å². The van der Waals surface area contributed by atoms with Crippen molar-refractivity contribution >= 4 is 26.9 Å². The van der Waals surface area contributed by atoms with Gasteiger partial charge in [-0.1, -0.05) is 29.8 Å². The van der Waals surface area contributed by atoms with Gasteiger partial charge in [-0.2, -0.15) is 0 Å². The highest BCUT2D eigenvalue weighted by Crippen LogP contribution is 2.32. The third kappa shape index (κ3) is 2.59. The van der Waals surface area contributed by atoms with Gasteiger partial charge in [0.15, 0.2) is 11.4 Å². The first kappa shape index (κ1) is 13.6. The molecule has 0 aliphatic heterocycles. The minimum Gasteiger partial charge on any atom is -0.456 e. The van der Waals surface area contributed by atoms with Gasteiger partial charge < -0.3 is 9.73 Å². The number of fused-ring (bicyclic) bond motifs is 1. The van der Waals surface area contributed by atoms with Crippen LogP contribution < -0.4 is 5.32 Å². The number of hydrogen-bond acceptors (Lipinski definition) is 2. The van der Waals surface area contributed by atoms with Crippen molar-refractivity contribution in [1.29, 1.82) is 0 Å². The molecule has 4 heteroatoms. The number of nitrogens with one attached hydrogen (secondary N) is 1. The predicted molar refractivity (Wildman–Crippen MR) is 75.2 cm³/mol. The first-order valence-corrected chi connectivity index (χ1v) is 6.86. The van der Waals surface area contributed by atoms with Crippen molar-refractivity contribution in [2.24, 2.45) is 5.92 Å². The van der Waals surface area contributed by atoms with Gasteiger partial charge in [-0.05, 0) is 31.5 Å². The van der Waals surface area contributed by atoms with Gasteiger partial charge in [0, 0.05) is 15.4 Å². The zero-order chi connectivity index (χ0) is 13.3. The second kappa shape index (κ2) is 5.41. The Morgan fingerprint density at radius 1 is 1.39 bits per heavy atom. The normalized spacial score (nSPS) is 11.7. The molecule has 0 saturated carbocycles. The smallest absolute Gasteiger partial charge is 0.170 e. The zero-order valence-corrected chi connectivity index (χ0v) is 12.4. The van der Waals surface area contributed by atoms with Crippen molar-refractivity contribution in [1.82, 2.24) is 5.32 Å². The van der Waals surface area contributed by atoms with Crippen molar-refractivity contribution in [3.63, 3.8) is 0 Å². The highest BCUT2D eigenvalue weighted by atomic mass is 79.9. The Labute approximate surface area is 115 Å². The van der Waals surface area contributed by atoms with E-state index in [-0.39, 0.29) is 5.82 Å². The maximum absolute atomic E-state index is 13.9. The average Bonchev–Trinajstić information content (AvgIpc) is 2.58. The molecule has 0 unspecified atom stereocenters. The first-order chi connectivity index (χ1) is 8.52. The van der Waals surface area contributed by atoms with Crippen LogP contribution in [0, 0.1) is 11.7 Å². The molecule has 18 heavy (non-hydrogen) atoms. The minimum atomic E-state index is -0.313. The standard InChI is InChI=1S/C14H17BrFNO/c1-8(2)4-10-11-5-9(15)6-12(16)14(11)18-13(10)7-17-3/h5-6,8,17H,4,7H2,1-3H3. The van der Waals surface area contributed by atoms with Crippen LogP contribution in [0.1, 0.15) is 25.2 Å². The monoisotopic (exact) mass is 313 g/mol. The number of hydrogen-bond donors (Lipinski definition) is 1. The molecule has 1 N–H and O–H groups in total. The molecule has 0 spiro atoms. The molecule has 0 aliphatic rings. The first-order valence-electron chi connectivity index (χ1n) is 6.06. The summed E-state index contributed by atoms with van der Waals surface area (Å²) in [5.41, 5.74) is 1.47. The van der Waals surface area contributed by atoms with Crippen LogP contribution >= 0.6 is 15.9 Å². The van der Waals surface area contributed by atoms with E-state index in [1.807, 2.05) is 13.1 Å². The third-order valence-corrected chi connectivity index (χ3v) is 3.30. The molecule has 2 nitrogen and oxygen atoms in total. The van der Waals surface area contributed by atoms with E-state index >= 15 is 0 Å². The summed E-state index contributed by atoms with van der Waals surface area (Å²) in [6.45, 7) is 4.92. The largest absolute Gasteiger partial charge is 0.456 e. The van der Waals surface area contributed by atoms with E-state index in [4.69, 9.17) is 4.42 Å². The number of rotatable bonds is 4. The van der Waals surface area contributed by atoms with Crippen LogP contribution in [0.15, 0.2) is 21.0 Å². The van der Waals surface area contributed by atoms with E-state index in [2.05, 4.69) is 35.1 Å². The fraction of sp³-hybridized carbons (Fsp3) is 0.429. The second-order valence-corrected chi connectivity index (χ2v) is 5.81. The lowest BCUT2D eigenvalue weighted by Crippen LogP contribution is -2.07. The molecule has 1 aromatic heterocycles. The molecular weight excluding hydrogens is 297 g/mol. The van der Waals surface area contributed by atoms with Crippen LogP contribution in [0.2, 0.25) is 0 Å². The lowest BCUT2D eigenvalue weighted by atomic mass is 10.00. The van der Waals surface area contributed by atoms with Crippen LogP contribution in [0.25, 0.3) is 11.0 Å². The molecule has 1 aromatic carbocycles. The predicted octanol–water partition coefficient (Wildman–Crippen LogP) is 4.25. The topological polar surface area (TPSA) is 25.2 Å². The second-order valence-electron chi connectivity index (χ2n) is 4.90. The van der Waals surface area contributed by atoms with Gasteiger partial charge in [-0.3, -0.25) is 0 Å². The number of benzene rings is 1. The van der Waals surface area contributed by atoms with Crippen LogP contribution in [0.5, 0.6) is 0 Å². The maximum Gasteiger partial charge on any atom is 0.170 e. The zero-order valence-electron chi connectivity index (χ0n) is 10.8.